The largest absolute Gasteiger partial charge is 0.497 e. The number of amides is 1. The van der Waals surface area contributed by atoms with Gasteiger partial charge in [-0.2, -0.15) is 0 Å². The van der Waals surface area contributed by atoms with Gasteiger partial charge in [-0.15, -0.1) is 0 Å². The van der Waals surface area contributed by atoms with Crippen LogP contribution in [0.15, 0.2) is 42.5 Å². The smallest absolute Gasteiger partial charge is 0.311 e. The normalized spacial score (nSPS) is 11.5. The van der Waals surface area contributed by atoms with Gasteiger partial charge in [0.15, 0.2) is 6.10 Å². The highest BCUT2D eigenvalue weighted by Gasteiger charge is 2.21. The molecule has 2 aromatic carbocycles. The Kier molecular flexibility index (Phi) is 5.89. The fourth-order valence-electron chi connectivity index (χ4n) is 2.05. The molecular formula is C17H17FN2O5. The minimum absolute atomic E-state index is 0.252. The highest BCUT2D eigenvalue weighted by Crippen LogP contribution is 2.28. The van der Waals surface area contributed by atoms with Crippen molar-refractivity contribution in [2.75, 3.05) is 7.11 Å². The van der Waals surface area contributed by atoms with Gasteiger partial charge in [0.05, 0.1) is 12.0 Å². The Balaban J connectivity index is 1.98. The maximum absolute atomic E-state index is 13.3. The molecule has 1 N–H and O–H groups in total. The van der Waals surface area contributed by atoms with E-state index in [0.717, 1.165) is 23.8 Å². The third-order valence-corrected chi connectivity index (χ3v) is 3.42. The molecule has 0 bridgehead atoms. The topological polar surface area (TPSA) is 90.7 Å². The number of rotatable bonds is 7. The Morgan fingerprint density at radius 3 is 2.56 bits per heavy atom. The molecule has 0 spiro atoms. The maximum atomic E-state index is 13.3. The first kappa shape index (κ1) is 18.2. The summed E-state index contributed by atoms with van der Waals surface area (Å²) in [6.45, 7) is 1.68. The van der Waals surface area contributed by atoms with Crippen LogP contribution in [-0.2, 0) is 11.3 Å². The van der Waals surface area contributed by atoms with Gasteiger partial charge >= 0.3 is 5.69 Å². The van der Waals surface area contributed by atoms with Crippen LogP contribution in [0.5, 0.6) is 11.5 Å². The molecule has 0 saturated carbocycles. The van der Waals surface area contributed by atoms with Crippen molar-refractivity contribution in [1.82, 2.24) is 5.32 Å². The number of methoxy groups -OCH3 is 1. The van der Waals surface area contributed by atoms with Crippen LogP contribution in [0.1, 0.15) is 12.5 Å². The Labute approximate surface area is 143 Å². The van der Waals surface area contributed by atoms with E-state index in [1.54, 1.807) is 31.4 Å². The number of nitrogens with one attached hydrogen (secondary N) is 1. The molecule has 0 aliphatic heterocycles. The number of ether oxygens (including phenoxy) is 2. The van der Waals surface area contributed by atoms with Gasteiger partial charge in [-0.3, -0.25) is 14.9 Å². The van der Waals surface area contributed by atoms with Crippen LogP contribution in [0.3, 0.4) is 0 Å². The fraction of sp³-hybridized carbons (Fsp3) is 0.235. The summed E-state index contributed by atoms with van der Waals surface area (Å²) in [6, 6.07) is 9.94. The molecule has 0 aliphatic rings. The van der Waals surface area contributed by atoms with Gasteiger partial charge in [0, 0.05) is 18.7 Å². The zero-order valence-corrected chi connectivity index (χ0v) is 13.7. The molecule has 7 nitrogen and oxygen atoms in total. The average molecular weight is 348 g/mol. The van der Waals surface area contributed by atoms with E-state index in [2.05, 4.69) is 5.32 Å². The molecule has 8 heteroatoms. The minimum Gasteiger partial charge on any atom is -0.497 e. The number of nitro groups is 1. The van der Waals surface area contributed by atoms with E-state index >= 15 is 0 Å². The lowest BCUT2D eigenvalue weighted by atomic mass is 10.2. The number of carbonyl (C=O) groups excluding carboxylic acids is 1. The van der Waals surface area contributed by atoms with Crippen molar-refractivity contribution < 1.29 is 23.6 Å². The molecule has 132 valence electrons. The molecule has 2 rings (SSSR count). The molecule has 0 radical (unpaired) electrons. The monoisotopic (exact) mass is 348 g/mol. The van der Waals surface area contributed by atoms with Gasteiger partial charge in [-0.05, 0) is 30.7 Å². The second-order valence-corrected chi connectivity index (χ2v) is 5.20. The first-order valence-corrected chi connectivity index (χ1v) is 7.42. The number of nitro benzene ring substituents is 1. The van der Waals surface area contributed by atoms with Crippen molar-refractivity contribution >= 4 is 11.6 Å². The fourth-order valence-corrected chi connectivity index (χ4v) is 2.05. The van der Waals surface area contributed by atoms with Gasteiger partial charge in [0.2, 0.25) is 5.75 Å². The number of hydrogen-bond acceptors (Lipinski definition) is 5. The van der Waals surface area contributed by atoms with Crippen LogP contribution < -0.4 is 14.8 Å². The third-order valence-electron chi connectivity index (χ3n) is 3.42. The number of carbonyl (C=O) groups is 1. The summed E-state index contributed by atoms with van der Waals surface area (Å²) in [5.74, 6) is -0.761. The van der Waals surface area contributed by atoms with Crippen LogP contribution in [0, 0.1) is 15.9 Å². The van der Waals surface area contributed by atoms with Crippen molar-refractivity contribution in [3.8, 4) is 11.5 Å². The predicted octanol–water partition coefficient (Wildman–Crippen LogP) is 2.83. The Morgan fingerprint density at radius 2 is 1.96 bits per heavy atom. The molecule has 0 heterocycles. The van der Waals surface area contributed by atoms with Crippen LogP contribution >= 0.6 is 0 Å². The van der Waals surface area contributed by atoms with E-state index in [1.165, 1.54) is 6.92 Å². The van der Waals surface area contributed by atoms with Gasteiger partial charge in [0.1, 0.15) is 11.6 Å². The first-order chi connectivity index (χ1) is 11.9. The van der Waals surface area contributed by atoms with Crippen molar-refractivity contribution in [3.63, 3.8) is 0 Å². The van der Waals surface area contributed by atoms with Crippen LogP contribution in [-0.4, -0.2) is 24.0 Å². The molecule has 2 aromatic rings. The number of nitrogens with zero attached hydrogens (tertiary/aromatic N) is 1. The van der Waals surface area contributed by atoms with E-state index in [-0.39, 0.29) is 12.3 Å². The summed E-state index contributed by atoms with van der Waals surface area (Å²) in [5, 5.41) is 13.6. The Bertz CT molecular complexity index is 764. The highest BCUT2D eigenvalue weighted by molar-refractivity contribution is 5.80. The summed E-state index contributed by atoms with van der Waals surface area (Å²) in [6.07, 6.45) is -1.03. The first-order valence-electron chi connectivity index (χ1n) is 7.42. The van der Waals surface area contributed by atoms with Crippen molar-refractivity contribution in [1.29, 1.82) is 0 Å². The summed E-state index contributed by atoms with van der Waals surface area (Å²) in [5.41, 5.74) is 0.439. The number of hydrogen-bond donors (Lipinski definition) is 1. The molecule has 1 unspecified atom stereocenters. The van der Waals surface area contributed by atoms with Crippen LogP contribution in [0.25, 0.3) is 0 Å². The molecule has 0 fully saturated rings. The van der Waals surface area contributed by atoms with E-state index in [0.29, 0.717) is 5.75 Å². The molecule has 0 aliphatic carbocycles. The van der Waals surface area contributed by atoms with E-state index < -0.39 is 28.4 Å². The zero-order valence-electron chi connectivity index (χ0n) is 13.7. The summed E-state index contributed by atoms with van der Waals surface area (Å²) in [7, 11) is 1.56. The number of benzene rings is 2. The molecule has 1 atom stereocenters. The quantitative estimate of drug-likeness (QED) is 0.614. The molecule has 25 heavy (non-hydrogen) atoms. The van der Waals surface area contributed by atoms with Gasteiger partial charge in [-0.25, -0.2) is 4.39 Å². The highest BCUT2D eigenvalue weighted by atomic mass is 19.1. The predicted molar refractivity (Wildman–Crippen MR) is 88.0 cm³/mol. The van der Waals surface area contributed by atoms with Crippen LogP contribution in [0.4, 0.5) is 10.1 Å². The Morgan fingerprint density at radius 1 is 1.28 bits per heavy atom. The van der Waals surface area contributed by atoms with E-state index in [1.807, 2.05) is 0 Å². The van der Waals surface area contributed by atoms with Gasteiger partial charge in [0.25, 0.3) is 5.91 Å². The lowest BCUT2D eigenvalue weighted by molar-refractivity contribution is -0.386. The molecule has 0 aromatic heterocycles. The minimum atomic E-state index is -1.03. The van der Waals surface area contributed by atoms with Crippen molar-refractivity contribution in [3.05, 3.63) is 64.0 Å². The zero-order chi connectivity index (χ0) is 18.4. The van der Waals surface area contributed by atoms with E-state index in [9.17, 15) is 19.3 Å². The second-order valence-electron chi connectivity index (χ2n) is 5.20. The van der Waals surface area contributed by atoms with E-state index in [4.69, 9.17) is 9.47 Å². The molecule has 0 saturated heterocycles. The molecular weight excluding hydrogens is 331 g/mol. The maximum Gasteiger partial charge on any atom is 0.311 e. The second kappa shape index (κ2) is 8.09. The van der Waals surface area contributed by atoms with Crippen molar-refractivity contribution in [2.24, 2.45) is 0 Å². The van der Waals surface area contributed by atoms with Gasteiger partial charge < -0.3 is 14.8 Å². The number of halogens is 1. The van der Waals surface area contributed by atoms with Crippen LogP contribution in [0.2, 0.25) is 0 Å². The SMILES string of the molecule is COc1ccc(CNC(=O)C(C)Oc2cc(F)ccc2[N+](=O)[O-])cc1. The lowest BCUT2D eigenvalue weighted by Gasteiger charge is -2.15. The summed E-state index contributed by atoms with van der Waals surface area (Å²) >= 11 is 0. The molecule has 1 amide bonds. The third kappa shape index (κ3) is 4.90. The van der Waals surface area contributed by atoms with Crippen molar-refractivity contribution in [2.45, 2.75) is 19.6 Å². The average Bonchev–Trinajstić information content (AvgIpc) is 2.59. The van der Waals surface area contributed by atoms with Gasteiger partial charge in [-0.1, -0.05) is 12.1 Å². The lowest BCUT2D eigenvalue weighted by Crippen LogP contribution is -2.36. The Hall–Kier alpha value is -3.16. The summed E-state index contributed by atoms with van der Waals surface area (Å²) in [4.78, 5) is 22.3. The standard InChI is InChI=1S/C17H17FN2O5/c1-11(25-16-9-13(18)5-8-15(16)20(22)23)17(21)19-10-12-3-6-14(24-2)7-4-12/h3-9,11H,10H2,1-2H3,(H,19,21). The summed E-state index contributed by atoms with van der Waals surface area (Å²) < 4.78 is 23.6.